The van der Waals surface area contributed by atoms with Crippen molar-refractivity contribution in [2.24, 2.45) is 0 Å². The summed E-state index contributed by atoms with van der Waals surface area (Å²) in [5, 5.41) is 2.37. The van der Waals surface area contributed by atoms with Crippen molar-refractivity contribution in [3.05, 3.63) is 51.4 Å². The van der Waals surface area contributed by atoms with Crippen molar-refractivity contribution in [1.29, 1.82) is 0 Å². The van der Waals surface area contributed by atoms with E-state index in [9.17, 15) is 8.42 Å². The van der Waals surface area contributed by atoms with Crippen LogP contribution in [0.2, 0.25) is 5.02 Å². The third-order valence-electron chi connectivity index (χ3n) is 2.42. The molecule has 0 spiro atoms. The maximum atomic E-state index is 11.4. The Labute approximate surface area is 120 Å². The van der Waals surface area contributed by atoms with Gasteiger partial charge >= 0.3 is 0 Å². The lowest BCUT2D eigenvalue weighted by molar-refractivity contribution is 0.611. The van der Waals surface area contributed by atoms with Gasteiger partial charge in [0.15, 0.2) is 0 Å². The summed E-state index contributed by atoms with van der Waals surface area (Å²) in [6.07, 6.45) is 0.506. The molecule has 6 heteroatoms. The third kappa shape index (κ3) is 3.26. The van der Waals surface area contributed by atoms with E-state index in [2.05, 4.69) is 0 Å². The molecule has 1 aromatic heterocycles. The van der Waals surface area contributed by atoms with Gasteiger partial charge in [0.25, 0.3) is 9.05 Å². The molecule has 2 aromatic rings. The molecule has 0 aliphatic rings. The molecular formula is C12H10Cl2O2S2. The van der Waals surface area contributed by atoms with Gasteiger partial charge in [0, 0.05) is 15.7 Å². The van der Waals surface area contributed by atoms with E-state index < -0.39 is 9.05 Å². The molecule has 0 saturated heterocycles. The van der Waals surface area contributed by atoms with Gasteiger partial charge in [-0.25, -0.2) is 8.42 Å². The van der Waals surface area contributed by atoms with Crippen LogP contribution in [0.1, 0.15) is 16.7 Å². The van der Waals surface area contributed by atoms with Crippen LogP contribution < -0.4 is 0 Å². The summed E-state index contributed by atoms with van der Waals surface area (Å²) in [7, 11) is 1.72. The van der Waals surface area contributed by atoms with Crippen LogP contribution in [0.25, 0.3) is 0 Å². The highest BCUT2D eigenvalue weighted by atomic mass is 35.7. The van der Waals surface area contributed by atoms with Crippen LogP contribution in [0.5, 0.6) is 0 Å². The Kier molecular flexibility index (Phi) is 4.02. The van der Waals surface area contributed by atoms with E-state index in [0.717, 1.165) is 22.5 Å². The maximum absolute atomic E-state index is 11.4. The second-order valence-electron chi connectivity index (χ2n) is 3.98. The number of halogens is 2. The van der Waals surface area contributed by atoms with Crippen molar-refractivity contribution in [1.82, 2.24) is 0 Å². The topological polar surface area (TPSA) is 34.1 Å². The maximum Gasteiger partial charge on any atom is 0.271 e. The molecule has 1 heterocycles. The number of aryl methyl sites for hydroxylation is 1. The average Bonchev–Trinajstić information content (AvgIpc) is 2.63. The quantitative estimate of drug-likeness (QED) is 0.793. The van der Waals surface area contributed by atoms with E-state index in [1.807, 2.05) is 25.1 Å². The molecule has 96 valence electrons. The first-order chi connectivity index (χ1) is 8.36. The lowest BCUT2D eigenvalue weighted by Gasteiger charge is -2.04. The zero-order valence-corrected chi connectivity index (χ0v) is 12.6. The largest absolute Gasteiger partial charge is 0.271 e. The summed E-state index contributed by atoms with van der Waals surface area (Å²) in [6.45, 7) is 1.95. The van der Waals surface area contributed by atoms with Gasteiger partial charge in [0.2, 0.25) is 0 Å². The molecule has 18 heavy (non-hydrogen) atoms. The lowest BCUT2D eigenvalue weighted by atomic mass is 10.1. The Balaban J connectivity index is 2.38. The van der Waals surface area contributed by atoms with Gasteiger partial charge in [0.05, 0.1) is 0 Å². The Morgan fingerprint density at radius 1 is 1.28 bits per heavy atom. The highest BCUT2D eigenvalue weighted by molar-refractivity contribution is 8.15. The van der Waals surface area contributed by atoms with Crippen LogP contribution in [0, 0.1) is 6.92 Å². The minimum absolute atomic E-state index is 0.210. The fourth-order valence-corrected chi connectivity index (χ4v) is 4.47. The lowest BCUT2D eigenvalue weighted by Crippen LogP contribution is -1.95. The minimum atomic E-state index is -3.67. The fourth-order valence-electron chi connectivity index (χ4n) is 1.80. The molecule has 2 nitrogen and oxygen atoms in total. The third-order valence-corrected chi connectivity index (χ3v) is 5.78. The zero-order chi connectivity index (χ0) is 13.3. The Morgan fingerprint density at radius 3 is 2.61 bits per heavy atom. The summed E-state index contributed by atoms with van der Waals surface area (Å²) in [5.74, 6) is 0. The van der Waals surface area contributed by atoms with E-state index in [1.54, 1.807) is 11.4 Å². The summed E-state index contributed by atoms with van der Waals surface area (Å²) < 4.78 is 23.0. The molecule has 0 fully saturated rings. The number of thiophene rings is 1. The number of benzene rings is 1. The molecule has 1 aromatic carbocycles. The van der Waals surface area contributed by atoms with Gasteiger partial charge < -0.3 is 0 Å². The first-order valence-corrected chi connectivity index (χ1v) is 8.70. The predicted octanol–water partition coefficient (Wildman–Crippen LogP) is 4.23. The van der Waals surface area contributed by atoms with Gasteiger partial charge in [-0.15, -0.1) is 11.3 Å². The second-order valence-corrected chi connectivity index (χ2v) is 8.10. The SMILES string of the molecule is Cc1cc(Cl)cc(Cc2ccsc2S(=O)(=O)Cl)c1. The Bertz CT molecular complexity index is 655. The normalized spacial score (nSPS) is 11.7. The van der Waals surface area contributed by atoms with Crippen LogP contribution in [0.3, 0.4) is 0 Å². The van der Waals surface area contributed by atoms with E-state index >= 15 is 0 Å². The average molecular weight is 321 g/mol. The van der Waals surface area contributed by atoms with Crippen LogP contribution in [0.4, 0.5) is 0 Å². The van der Waals surface area contributed by atoms with Crippen molar-refractivity contribution in [2.45, 2.75) is 17.6 Å². The molecule has 0 unspecified atom stereocenters. The molecule has 0 amide bonds. The van der Waals surface area contributed by atoms with Gasteiger partial charge in [-0.05, 0) is 53.6 Å². The highest BCUT2D eigenvalue weighted by Crippen LogP contribution is 2.28. The number of hydrogen-bond donors (Lipinski definition) is 0. The van der Waals surface area contributed by atoms with Crippen molar-refractivity contribution < 1.29 is 8.42 Å². The van der Waals surface area contributed by atoms with Crippen LogP contribution in [-0.2, 0) is 15.5 Å². The molecule has 0 N–H and O–H groups in total. The molecule has 2 rings (SSSR count). The second kappa shape index (κ2) is 5.21. The summed E-state index contributed by atoms with van der Waals surface area (Å²) in [5.41, 5.74) is 2.72. The molecule has 0 aliphatic carbocycles. The molecular weight excluding hydrogens is 311 g/mol. The first kappa shape index (κ1) is 13.9. The Hall–Kier alpha value is -0.550. The number of rotatable bonds is 3. The molecule has 0 radical (unpaired) electrons. The Morgan fingerprint density at radius 2 is 2.00 bits per heavy atom. The molecule has 0 saturated carbocycles. The van der Waals surface area contributed by atoms with Gasteiger partial charge in [-0.3, -0.25) is 0 Å². The molecule has 0 bridgehead atoms. The first-order valence-electron chi connectivity index (χ1n) is 5.13. The van der Waals surface area contributed by atoms with E-state index in [0.29, 0.717) is 17.0 Å². The zero-order valence-electron chi connectivity index (χ0n) is 9.48. The van der Waals surface area contributed by atoms with E-state index in [1.165, 1.54) is 0 Å². The predicted molar refractivity (Wildman–Crippen MR) is 76.4 cm³/mol. The van der Waals surface area contributed by atoms with Gasteiger partial charge in [0.1, 0.15) is 4.21 Å². The summed E-state index contributed by atoms with van der Waals surface area (Å²) in [4.78, 5) is 0. The minimum Gasteiger partial charge on any atom is -0.206 e. The smallest absolute Gasteiger partial charge is 0.206 e. The summed E-state index contributed by atoms with van der Waals surface area (Å²) >= 11 is 7.11. The van der Waals surface area contributed by atoms with Gasteiger partial charge in [-0.1, -0.05) is 17.7 Å². The highest BCUT2D eigenvalue weighted by Gasteiger charge is 2.17. The van der Waals surface area contributed by atoms with Crippen molar-refractivity contribution in [3.63, 3.8) is 0 Å². The van der Waals surface area contributed by atoms with Crippen LogP contribution in [0.15, 0.2) is 33.9 Å². The van der Waals surface area contributed by atoms with E-state index in [-0.39, 0.29) is 4.21 Å². The van der Waals surface area contributed by atoms with E-state index in [4.69, 9.17) is 22.3 Å². The van der Waals surface area contributed by atoms with Crippen molar-refractivity contribution >= 4 is 42.7 Å². The standard InChI is InChI=1S/C12H10Cl2O2S2/c1-8-4-9(7-11(13)5-8)6-10-2-3-17-12(10)18(14,15)16/h2-5,7H,6H2,1H3. The molecule has 0 aliphatic heterocycles. The number of hydrogen-bond acceptors (Lipinski definition) is 3. The molecule has 0 atom stereocenters. The van der Waals surface area contributed by atoms with Crippen LogP contribution in [-0.4, -0.2) is 8.42 Å². The van der Waals surface area contributed by atoms with Gasteiger partial charge in [-0.2, -0.15) is 0 Å². The van der Waals surface area contributed by atoms with Crippen molar-refractivity contribution in [3.8, 4) is 0 Å². The monoisotopic (exact) mass is 320 g/mol. The summed E-state index contributed by atoms with van der Waals surface area (Å²) in [6, 6.07) is 7.44. The fraction of sp³-hybridized carbons (Fsp3) is 0.167. The van der Waals surface area contributed by atoms with Crippen molar-refractivity contribution in [2.75, 3.05) is 0 Å². The van der Waals surface area contributed by atoms with Crippen LogP contribution >= 0.6 is 33.6 Å².